The van der Waals surface area contributed by atoms with Gasteiger partial charge in [0.1, 0.15) is 5.82 Å². The zero-order valence-corrected chi connectivity index (χ0v) is 13.7. The first kappa shape index (κ1) is 17.9. The van der Waals surface area contributed by atoms with E-state index in [1.165, 1.54) is 17.5 Å². The Hall–Kier alpha value is -1.18. The fourth-order valence-corrected chi connectivity index (χ4v) is 3.82. The van der Waals surface area contributed by atoms with Gasteiger partial charge in [-0.25, -0.2) is 12.8 Å². The highest BCUT2D eigenvalue weighted by Crippen LogP contribution is 2.25. The number of nitrogens with two attached hydrogens (primary N) is 1. The Kier molecular flexibility index (Phi) is 6.12. The molecule has 0 spiro atoms. The van der Waals surface area contributed by atoms with E-state index in [2.05, 4.69) is 0 Å². The average Bonchev–Trinajstić information content (AvgIpc) is 2.38. The van der Waals surface area contributed by atoms with E-state index in [1.807, 2.05) is 13.8 Å². The summed E-state index contributed by atoms with van der Waals surface area (Å²) in [6, 6.07) is 2.33. The Morgan fingerprint density at radius 3 is 2.52 bits per heavy atom. The largest absolute Gasteiger partial charge is 0.396 e. The van der Waals surface area contributed by atoms with Gasteiger partial charge in [-0.05, 0) is 30.5 Å². The normalized spacial score (nSPS) is 12.3. The van der Waals surface area contributed by atoms with Crippen LogP contribution in [0.2, 0.25) is 0 Å². The molecule has 2 N–H and O–H groups in total. The Balaban J connectivity index is 3.24. The van der Waals surface area contributed by atoms with Crippen LogP contribution in [0.5, 0.6) is 0 Å². The molecular weight excluding hydrogens is 295 g/mol. The molecule has 0 saturated heterocycles. The minimum Gasteiger partial charge on any atom is -0.396 e. The lowest BCUT2D eigenvalue weighted by Crippen LogP contribution is -2.37. The van der Waals surface area contributed by atoms with Crippen molar-refractivity contribution in [3.8, 4) is 0 Å². The number of halogens is 1. The summed E-state index contributed by atoms with van der Waals surface area (Å²) < 4.78 is 45.2. The summed E-state index contributed by atoms with van der Waals surface area (Å²) in [7, 11) is -2.22. The number of aryl methyl sites for hydroxylation is 1. The third kappa shape index (κ3) is 4.39. The number of methoxy groups -OCH3 is 1. The Labute approximate surface area is 125 Å². The van der Waals surface area contributed by atoms with E-state index in [0.717, 1.165) is 6.07 Å². The second kappa shape index (κ2) is 7.20. The number of nitrogen functional groups attached to an aromatic ring is 1. The second-order valence-corrected chi connectivity index (χ2v) is 7.30. The van der Waals surface area contributed by atoms with Crippen LogP contribution in [-0.4, -0.2) is 39.5 Å². The molecule has 120 valence electrons. The van der Waals surface area contributed by atoms with Gasteiger partial charge in [0.15, 0.2) is 0 Å². The number of nitrogens with zero attached hydrogens (tertiary/aromatic N) is 1. The van der Waals surface area contributed by atoms with Crippen LogP contribution in [0, 0.1) is 18.7 Å². The minimum atomic E-state index is -3.73. The maximum absolute atomic E-state index is 13.4. The van der Waals surface area contributed by atoms with Crippen LogP contribution in [0.25, 0.3) is 0 Å². The molecule has 0 amide bonds. The molecule has 0 aliphatic heterocycles. The van der Waals surface area contributed by atoms with Gasteiger partial charge < -0.3 is 10.5 Å². The lowest BCUT2D eigenvalue weighted by atomic mass is 10.2. The zero-order chi connectivity index (χ0) is 16.2. The molecule has 0 unspecified atom stereocenters. The molecule has 5 nitrogen and oxygen atoms in total. The number of ether oxygens (including phenoxy) is 1. The smallest absolute Gasteiger partial charge is 0.243 e. The monoisotopic (exact) mass is 318 g/mol. The minimum absolute atomic E-state index is 0.0400. The maximum Gasteiger partial charge on any atom is 0.243 e. The highest BCUT2D eigenvalue weighted by Gasteiger charge is 2.27. The summed E-state index contributed by atoms with van der Waals surface area (Å²) in [6.45, 7) is 6.32. The van der Waals surface area contributed by atoms with Crippen LogP contribution in [0.3, 0.4) is 0 Å². The van der Waals surface area contributed by atoms with Gasteiger partial charge in [0.05, 0.1) is 17.2 Å². The molecule has 0 bridgehead atoms. The number of hydrogen-bond acceptors (Lipinski definition) is 4. The zero-order valence-electron chi connectivity index (χ0n) is 12.9. The first-order chi connectivity index (χ1) is 9.70. The lowest BCUT2D eigenvalue weighted by molar-refractivity contribution is 0.175. The van der Waals surface area contributed by atoms with Gasteiger partial charge in [-0.15, -0.1) is 0 Å². The van der Waals surface area contributed by atoms with Crippen LogP contribution in [0.4, 0.5) is 10.1 Å². The van der Waals surface area contributed by atoms with Crippen LogP contribution < -0.4 is 5.73 Å². The van der Waals surface area contributed by atoms with E-state index in [-0.39, 0.29) is 23.0 Å². The van der Waals surface area contributed by atoms with Crippen molar-refractivity contribution in [3.63, 3.8) is 0 Å². The van der Waals surface area contributed by atoms with Crippen molar-refractivity contribution in [2.45, 2.75) is 25.7 Å². The summed E-state index contributed by atoms with van der Waals surface area (Å²) in [6.07, 6.45) is 0. The van der Waals surface area contributed by atoms with E-state index in [4.69, 9.17) is 10.5 Å². The summed E-state index contributed by atoms with van der Waals surface area (Å²) in [5.41, 5.74) is 5.67. The van der Waals surface area contributed by atoms with E-state index in [9.17, 15) is 12.8 Å². The molecule has 21 heavy (non-hydrogen) atoms. The van der Waals surface area contributed by atoms with Crippen molar-refractivity contribution >= 4 is 15.7 Å². The summed E-state index contributed by atoms with van der Waals surface area (Å²) in [4.78, 5) is 0.0400. The number of anilines is 1. The van der Waals surface area contributed by atoms with Crippen molar-refractivity contribution < 1.29 is 17.5 Å². The standard InChI is InChI=1S/C14H23FN2O3S/c1-10(2)9-17(5-6-20-4)21(18,19)14-8-13(16)12(15)7-11(14)3/h7-8,10H,5-6,9,16H2,1-4H3. The summed E-state index contributed by atoms with van der Waals surface area (Å²) >= 11 is 0. The molecule has 1 aromatic rings. The SMILES string of the molecule is COCCN(CC(C)C)S(=O)(=O)c1cc(N)c(F)cc1C. The van der Waals surface area contributed by atoms with Gasteiger partial charge in [-0.2, -0.15) is 4.31 Å². The topological polar surface area (TPSA) is 72.6 Å². The molecule has 0 aromatic heterocycles. The van der Waals surface area contributed by atoms with Gasteiger partial charge >= 0.3 is 0 Å². The molecule has 0 fully saturated rings. The molecule has 0 saturated carbocycles. The third-order valence-corrected chi connectivity index (χ3v) is 5.03. The van der Waals surface area contributed by atoms with Gasteiger partial charge in [0.2, 0.25) is 10.0 Å². The third-order valence-electron chi connectivity index (χ3n) is 3.03. The molecule has 0 aliphatic carbocycles. The van der Waals surface area contributed by atoms with Crippen molar-refractivity contribution in [2.75, 3.05) is 32.5 Å². The Bertz CT molecular complexity index is 588. The van der Waals surface area contributed by atoms with Crippen LogP contribution in [0.1, 0.15) is 19.4 Å². The lowest BCUT2D eigenvalue weighted by Gasteiger charge is -2.24. The van der Waals surface area contributed by atoms with E-state index >= 15 is 0 Å². The average molecular weight is 318 g/mol. The number of benzene rings is 1. The van der Waals surface area contributed by atoms with Gasteiger partial charge in [0.25, 0.3) is 0 Å². The molecule has 0 radical (unpaired) electrons. The molecule has 0 aliphatic rings. The quantitative estimate of drug-likeness (QED) is 0.781. The van der Waals surface area contributed by atoms with Gasteiger partial charge in [0, 0.05) is 20.2 Å². The summed E-state index contributed by atoms with van der Waals surface area (Å²) in [5.74, 6) is -0.450. The predicted octanol–water partition coefficient (Wildman–Crippen LogP) is 2.01. The van der Waals surface area contributed by atoms with Crippen molar-refractivity contribution in [1.29, 1.82) is 0 Å². The highest BCUT2D eigenvalue weighted by molar-refractivity contribution is 7.89. The Morgan fingerprint density at radius 2 is 2.00 bits per heavy atom. The first-order valence-electron chi connectivity index (χ1n) is 6.74. The fourth-order valence-electron chi connectivity index (χ4n) is 2.00. The molecule has 0 heterocycles. The van der Waals surface area contributed by atoms with Crippen LogP contribution in [0.15, 0.2) is 17.0 Å². The highest BCUT2D eigenvalue weighted by atomic mass is 32.2. The summed E-state index contributed by atoms with van der Waals surface area (Å²) in [5, 5.41) is 0. The van der Waals surface area contributed by atoms with Gasteiger partial charge in [-0.1, -0.05) is 13.8 Å². The molecule has 7 heteroatoms. The van der Waals surface area contributed by atoms with Crippen molar-refractivity contribution in [3.05, 3.63) is 23.5 Å². The molecule has 1 aromatic carbocycles. The van der Waals surface area contributed by atoms with Gasteiger partial charge in [-0.3, -0.25) is 0 Å². The first-order valence-corrected chi connectivity index (χ1v) is 8.18. The van der Waals surface area contributed by atoms with Crippen LogP contribution >= 0.6 is 0 Å². The predicted molar refractivity (Wildman–Crippen MR) is 81.0 cm³/mol. The number of hydrogen-bond donors (Lipinski definition) is 1. The van der Waals surface area contributed by atoms with Crippen molar-refractivity contribution in [2.24, 2.45) is 5.92 Å². The maximum atomic E-state index is 13.4. The molecule has 1 rings (SSSR count). The van der Waals surface area contributed by atoms with E-state index < -0.39 is 15.8 Å². The fraction of sp³-hybridized carbons (Fsp3) is 0.571. The second-order valence-electron chi connectivity index (χ2n) is 5.39. The molecule has 0 atom stereocenters. The van der Waals surface area contributed by atoms with E-state index in [1.54, 1.807) is 6.92 Å². The van der Waals surface area contributed by atoms with Crippen molar-refractivity contribution in [1.82, 2.24) is 4.31 Å². The van der Waals surface area contributed by atoms with Crippen LogP contribution in [-0.2, 0) is 14.8 Å². The molecular formula is C14H23FN2O3S. The van der Waals surface area contributed by atoms with E-state index in [0.29, 0.717) is 18.7 Å². The number of sulfonamides is 1. The Morgan fingerprint density at radius 1 is 1.38 bits per heavy atom. The number of rotatable bonds is 7.